The van der Waals surface area contributed by atoms with Crippen molar-refractivity contribution in [3.8, 4) is 5.88 Å². The Bertz CT molecular complexity index is 317. The third kappa shape index (κ3) is 1.80. The van der Waals surface area contributed by atoms with E-state index in [4.69, 9.17) is 4.74 Å². The number of aliphatic hydroxyl groups excluding tert-OH is 1. The van der Waals surface area contributed by atoms with Gasteiger partial charge >= 0.3 is 0 Å². The summed E-state index contributed by atoms with van der Waals surface area (Å²) in [5.74, 6) is 0.615. The molecular weight excluding hydrogens is 180 g/mol. The van der Waals surface area contributed by atoms with Crippen molar-refractivity contribution in [2.75, 3.05) is 25.1 Å². The number of anilines is 1. The van der Waals surface area contributed by atoms with Crippen molar-refractivity contribution >= 4 is 5.69 Å². The second-order valence-corrected chi connectivity index (χ2v) is 3.44. The first-order valence-corrected chi connectivity index (χ1v) is 4.72. The lowest BCUT2D eigenvalue weighted by Gasteiger charge is -2.17. The number of nitrogens with zero attached hydrogens (tertiary/aromatic N) is 2. The minimum atomic E-state index is -0.200. The molecule has 0 bridgehead atoms. The normalized spacial score (nSPS) is 21.3. The van der Waals surface area contributed by atoms with Crippen LogP contribution in [0.2, 0.25) is 0 Å². The summed E-state index contributed by atoms with van der Waals surface area (Å²) in [7, 11) is 1.60. The lowest BCUT2D eigenvalue weighted by Crippen LogP contribution is -2.21. The molecule has 14 heavy (non-hydrogen) atoms. The fraction of sp³-hybridized carbons (Fsp3) is 0.500. The van der Waals surface area contributed by atoms with Crippen LogP contribution in [-0.4, -0.2) is 36.4 Å². The van der Waals surface area contributed by atoms with Gasteiger partial charge < -0.3 is 14.7 Å². The average molecular weight is 194 g/mol. The summed E-state index contributed by atoms with van der Waals surface area (Å²) in [5.41, 5.74) is 1.06. The molecule has 1 saturated heterocycles. The van der Waals surface area contributed by atoms with Gasteiger partial charge in [0.1, 0.15) is 0 Å². The van der Waals surface area contributed by atoms with Gasteiger partial charge in [0.25, 0.3) is 0 Å². The molecule has 1 aromatic heterocycles. The topological polar surface area (TPSA) is 45.6 Å². The number of ether oxygens (including phenoxy) is 1. The first-order valence-electron chi connectivity index (χ1n) is 4.72. The van der Waals surface area contributed by atoms with E-state index in [0.717, 1.165) is 18.7 Å². The van der Waals surface area contributed by atoms with Gasteiger partial charge in [-0.3, -0.25) is 0 Å². The number of hydrogen-bond acceptors (Lipinski definition) is 4. The SMILES string of the molecule is COc1cc(N2CC[C@H](O)C2)ccn1. The van der Waals surface area contributed by atoms with Crippen molar-refractivity contribution in [3.05, 3.63) is 18.3 Å². The van der Waals surface area contributed by atoms with Crippen LogP contribution in [0.4, 0.5) is 5.69 Å². The Labute approximate surface area is 83.1 Å². The molecule has 0 saturated carbocycles. The Balaban J connectivity index is 2.15. The summed E-state index contributed by atoms with van der Waals surface area (Å²) in [6.07, 6.45) is 2.36. The third-order valence-corrected chi connectivity index (χ3v) is 2.46. The minimum absolute atomic E-state index is 0.200. The standard InChI is InChI=1S/C10H14N2O2/c1-14-10-6-8(2-4-11-10)12-5-3-9(13)7-12/h2,4,6,9,13H,3,5,7H2,1H3/t9-/m0/s1. The lowest BCUT2D eigenvalue weighted by molar-refractivity contribution is 0.198. The van der Waals surface area contributed by atoms with Gasteiger partial charge in [-0.05, 0) is 12.5 Å². The number of aromatic nitrogens is 1. The molecule has 1 atom stereocenters. The van der Waals surface area contributed by atoms with Gasteiger partial charge in [0.15, 0.2) is 0 Å². The molecule has 0 radical (unpaired) electrons. The Kier molecular flexibility index (Phi) is 2.54. The van der Waals surface area contributed by atoms with E-state index in [-0.39, 0.29) is 6.10 Å². The van der Waals surface area contributed by atoms with Crippen LogP contribution in [-0.2, 0) is 0 Å². The van der Waals surface area contributed by atoms with Crippen molar-refractivity contribution in [3.63, 3.8) is 0 Å². The molecular formula is C10H14N2O2. The van der Waals surface area contributed by atoms with Crippen LogP contribution in [0.1, 0.15) is 6.42 Å². The molecule has 1 aromatic rings. The highest BCUT2D eigenvalue weighted by Gasteiger charge is 2.20. The Morgan fingerprint density at radius 2 is 2.50 bits per heavy atom. The van der Waals surface area contributed by atoms with E-state index < -0.39 is 0 Å². The van der Waals surface area contributed by atoms with Crippen LogP contribution in [0.5, 0.6) is 5.88 Å². The fourth-order valence-electron chi connectivity index (χ4n) is 1.68. The highest BCUT2D eigenvalue weighted by Crippen LogP contribution is 2.22. The molecule has 76 valence electrons. The number of pyridine rings is 1. The second-order valence-electron chi connectivity index (χ2n) is 3.44. The summed E-state index contributed by atoms with van der Waals surface area (Å²) in [5, 5.41) is 9.40. The predicted octanol–water partition coefficient (Wildman–Crippen LogP) is 0.661. The molecule has 1 N–H and O–H groups in total. The van der Waals surface area contributed by atoms with Crippen molar-refractivity contribution in [1.29, 1.82) is 0 Å². The van der Waals surface area contributed by atoms with Crippen molar-refractivity contribution in [2.45, 2.75) is 12.5 Å². The maximum Gasteiger partial charge on any atom is 0.214 e. The maximum absolute atomic E-state index is 9.40. The zero-order chi connectivity index (χ0) is 9.97. The zero-order valence-corrected chi connectivity index (χ0v) is 8.18. The van der Waals surface area contributed by atoms with E-state index in [1.807, 2.05) is 12.1 Å². The first kappa shape index (κ1) is 9.27. The zero-order valence-electron chi connectivity index (χ0n) is 8.18. The van der Waals surface area contributed by atoms with Gasteiger partial charge in [0.2, 0.25) is 5.88 Å². The summed E-state index contributed by atoms with van der Waals surface area (Å²) >= 11 is 0. The quantitative estimate of drug-likeness (QED) is 0.751. The Morgan fingerprint density at radius 1 is 1.64 bits per heavy atom. The van der Waals surface area contributed by atoms with Crippen molar-refractivity contribution < 1.29 is 9.84 Å². The molecule has 4 nitrogen and oxygen atoms in total. The summed E-state index contributed by atoms with van der Waals surface area (Å²) in [6, 6.07) is 3.82. The van der Waals surface area contributed by atoms with E-state index in [1.165, 1.54) is 0 Å². The van der Waals surface area contributed by atoms with Gasteiger partial charge in [-0.25, -0.2) is 4.98 Å². The Morgan fingerprint density at radius 3 is 3.14 bits per heavy atom. The Hall–Kier alpha value is -1.29. The highest BCUT2D eigenvalue weighted by molar-refractivity contribution is 5.49. The number of rotatable bonds is 2. The smallest absolute Gasteiger partial charge is 0.214 e. The monoisotopic (exact) mass is 194 g/mol. The van der Waals surface area contributed by atoms with Crippen LogP contribution in [0.3, 0.4) is 0 Å². The minimum Gasteiger partial charge on any atom is -0.481 e. The fourth-order valence-corrected chi connectivity index (χ4v) is 1.68. The van der Waals surface area contributed by atoms with Gasteiger partial charge in [-0.2, -0.15) is 0 Å². The molecule has 4 heteroatoms. The van der Waals surface area contributed by atoms with Crippen molar-refractivity contribution in [1.82, 2.24) is 4.98 Å². The number of methoxy groups -OCH3 is 1. The third-order valence-electron chi connectivity index (χ3n) is 2.46. The number of aliphatic hydroxyl groups is 1. The van der Waals surface area contributed by atoms with E-state index >= 15 is 0 Å². The molecule has 1 aliphatic rings. The summed E-state index contributed by atoms with van der Waals surface area (Å²) < 4.78 is 5.04. The van der Waals surface area contributed by atoms with Gasteiger partial charge in [0, 0.05) is 31.0 Å². The lowest BCUT2D eigenvalue weighted by atomic mass is 10.3. The van der Waals surface area contributed by atoms with Crippen LogP contribution in [0.15, 0.2) is 18.3 Å². The number of β-amino-alcohol motifs (C(OH)–C–C–N with tert-alkyl or cyclic N) is 1. The predicted molar refractivity (Wildman–Crippen MR) is 53.6 cm³/mol. The van der Waals surface area contributed by atoms with Crippen LogP contribution < -0.4 is 9.64 Å². The molecule has 1 fully saturated rings. The molecule has 2 heterocycles. The molecule has 0 aliphatic carbocycles. The second kappa shape index (κ2) is 3.84. The van der Waals surface area contributed by atoms with Gasteiger partial charge in [0.05, 0.1) is 13.2 Å². The van der Waals surface area contributed by atoms with Gasteiger partial charge in [-0.15, -0.1) is 0 Å². The molecule has 0 aromatic carbocycles. The molecule has 0 amide bonds. The largest absolute Gasteiger partial charge is 0.481 e. The molecule has 2 rings (SSSR count). The maximum atomic E-state index is 9.40. The van der Waals surface area contributed by atoms with E-state index in [0.29, 0.717) is 12.4 Å². The average Bonchev–Trinajstić information content (AvgIpc) is 2.65. The van der Waals surface area contributed by atoms with E-state index in [1.54, 1.807) is 13.3 Å². The molecule has 0 unspecified atom stereocenters. The van der Waals surface area contributed by atoms with Crippen LogP contribution in [0, 0.1) is 0 Å². The van der Waals surface area contributed by atoms with Crippen LogP contribution in [0.25, 0.3) is 0 Å². The number of hydrogen-bond donors (Lipinski definition) is 1. The highest BCUT2D eigenvalue weighted by atomic mass is 16.5. The summed E-state index contributed by atoms with van der Waals surface area (Å²) in [4.78, 5) is 6.17. The van der Waals surface area contributed by atoms with E-state index in [2.05, 4.69) is 9.88 Å². The van der Waals surface area contributed by atoms with Gasteiger partial charge in [-0.1, -0.05) is 0 Å². The summed E-state index contributed by atoms with van der Waals surface area (Å²) in [6.45, 7) is 1.60. The van der Waals surface area contributed by atoms with Crippen molar-refractivity contribution in [2.24, 2.45) is 0 Å². The molecule has 0 spiro atoms. The molecule has 1 aliphatic heterocycles. The van der Waals surface area contributed by atoms with Crippen LogP contribution >= 0.6 is 0 Å². The first-order chi connectivity index (χ1) is 6.79. The van der Waals surface area contributed by atoms with E-state index in [9.17, 15) is 5.11 Å².